The van der Waals surface area contributed by atoms with Crippen molar-refractivity contribution in [2.75, 3.05) is 36.0 Å². The number of piperazine rings is 1. The minimum absolute atomic E-state index is 0.0420. The number of hydrogen-bond acceptors (Lipinski definition) is 5. The number of rotatable bonds is 2. The van der Waals surface area contributed by atoms with Crippen molar-refractivity contribution in [2.45, 2.75) is 6.18 Å². The maximum absolute atomic E-state index is 12.8. The van der Waals surface area contributed by atoms with Crippen molar-refractivity contribution in [3.8, 4) is 6.07 Å². The van der Waals surface area contributed by atoms with E-state index in [-0.39, 0.29) is 5.56 Å². The Hall–Kier alpha value is -2.82. The van der Waals surface area contributed by atoms with Crippen molar-refractivity contribution in [3.05, 3.63) is 47.9 Å². The SMILES string of the molecule is N#Cc1cc(C(F)(F)F)ccc1N1CCN(c2ccncn2)CC1. The van der Waals surface area contributed by atoms with Gasteiger partial charge in [-0.1, -0.05) is 0 Å². The number of alkyl halides is 3. The monoisotopic (exact) mass is 333 g/mol. The van der Waals surface area contributed by atoms with E-state index in [0.29, 0.717) is 31.9 Å². The first-order valence-electron chi connectivity index (χ1n) is 7.36. The third kappa shape index (κ3) is 3.25. The van der Waals surface area contributed by atoms with Gasteiger partial charge in [0, 0.05) is 32.4 Å². The van der Waals surface area contributed by atoms with Crippen molar-refractivity contribution in [1.29, 1.82) is 5.26 Å². The molecule has 2 heterocycles. The molecule has 24 heavy (non-hydrogen) atoms. The van der Waals surface area contributed by atoms with Crippen LogP contribution in [-0.4, -0.2) is 36.1 Å². The standard InChI is InChI=1S/C16H14F3N5/c17-16(18,19)13-1-2-14(12(9-13)10-20)23-5-7-24(8-6-23)15-3-4-21-11-22-15/h1-4,9,11H,5-8H2. The molecule has 2 aromatic rings. The molecule has 0 amide bonds. The van der Waals surface area contributed by atoms with Gasteiger partial charge in [-0.25, -0.2) is 9.97 Å². The summed E-state index contributed by atoms with van der Waals surface area (Å²) >= 11 is 0. The molecule has 1 aliphatic rings. The Morgan fingerprint density at radius 1 is 1.04 bits per heavy atom. The Morgan fingerprint density at radius 3 is 2.33 bits per heavy atom. The Bertz CT molecular complexity index is 747. The second kappa shape index (κ2) is 6.35. The highest BCUT2D eigenvalue weighted by Gasteiger charge is 2.31. The molecule has 1 fully saturated rings. The van der Waals surface area contributed by atoms with Crippen molar-refractivity contribution in [1.82, 2.24) is 9.97 Å². The normalized spacial score (nSPS) is 15.2. The summed E-state index contributed by atoms with van der Waals surface area (Å²) in [4.78, 5) is 12.1. The van der Waals surface area contributed by atoms with E-state index < -0.39 is 11.7 Å². The minimum atomic E-state index is -4.45. The van der Waals surface area contributed by atoms with Gasteiger partial charge in [0.1, 0.15) is 18.2 Å². The van der Waals surface area contributed by atoms with E-state index in [1.165, 1.54) is 12.4 Å². The molecule has 0 bridgehead atoms. The molecule has 0 saturated carbocycles. The maximum Gasteiger partial charge on any atom is 0.416 e. The molecule has 0 aliphatic carbocycles. The van der Waals surface area contributed by atoms with E-state index in [0.717, 1.165) is 18.0 Å². The molecule has 0 radical (unpaired) electrons. The lowest BCUT2D eigenvalue weighted by molar-refractivity contribution is -0.137. The van der Waals surface area contributed by atoms with Crippen LogP contribution in [0, 0.1) is 11.3 Å². The van der Waals surface area contributed by atoms with Gasteiger partial charge in [0.05, 0.1) is 16.8 Å². The van der Waals surface area contributed by atoms with Crippen LogP contribution in [0.15, 0.2) is 36.8 Å². The third-order valence-corrected chi connectivity index (χ3v) is 3.96. The molecule has 1 aromatic heterocycles. The fourth-order valence-corrected chi connectivity index (χ4v) is 2.72. The van der Waals surface area contributed by atoms with Gasteiger partial charge < -0.3 is 9.80 Å². The molecule has 1 aliphatic heterocycles. The fourth-order valence-electron chi connectivity index (χ4n) is 2.72. The lowest BCUT2D eigenvalue weighted by Gasteiger charge is -2.37. The second-order valence-electron chi connectivity index (χ2n) is 5.38. The molecule has 124 valence electrons. The third-order valence-electron chi connectivity index (χ3n) is 3.96. The number of hydrogen-bond donors (Lipinski definition) is 0. The summed E-state index contributed by atoms with van der Waals surface area (Å²) in [5.74, 6) is 0.817. The number of aromatic nitrogens is 2. The first-order valence-corrected chi connectivity index (χ1v) is 7.36. The predicted molar refractivity (Wildman–Crippen MR) is 82.6 cm³/mol. The van der Waals surface area contributed by atoms with Gasteiger partial charge in [-0.05, 0) is 24.3 Å². The van der Waals surface area contributed by atoms with Crippen LogP contribution < -0.4 is 9.80 Å². The lowest BCUT2D eigenvalue weighted by Crippen LogP contribution is -2.47. The highest BCUT2D eigenvalue weighted by molar-refractivity contribution is 5.61. The number of nitrogens with zero attached hydrogens (tertiary/aromatic N) is 5. The van der Waals surface area contributed by atoms with Crippen LogP contribution in [0.3, 0.4) is 0 Å². The van der Waals surface area contributed by atoms with E-state index in [9.17, 15) is 18.4 Å². The van der Waals surface area contributed by atoms with Gasteiger partial charge in [0.25, 0.3) is 0 Å². The van der Waals surface area contributed by atoms with E-state index >= 15 is 0 Å². The molecular formula is C16H14F3N5. The molecule has 3 rings (SSSR count). The highest BCUT2D eigenvalue weighted by atomic mass is 19.4. The molecule has 8 heteroatoms. The van der Waals surface area contributed by atoms with Crippen LogP contribution in [0.4, 0.5) is 24.7 Å². The van der Waals surface area contributed by atoms with Gasteiger partial charge in [-0.3, -0.25) is 0 Å². The average Bonchev–Trinajstić information content (AvgIpc) is 2.61. The fraction of sp³-hybridized carbons (Fsp3) is 0.312. The summed E-state index contributed by atoms with van der Waals surface area (Å²) in [5.41, 5.74) is -0.226. The molecule has 1 aromatic carbocycles. The van der Waals surface area contributed by atoms with E-state index in [4.69, 9.17) is 0 Å². The van der Waals surface area contributed by atoms with Crippen LogP contribution in [-0.2, 0) is 6.18 Å². The van der Waals surface area contributed by atoms with Gasteiger partial charge >= 0.3 is 6.18 Å². The molecule has 0 spiro atoms. The van der Waals surface area contributed by atoms with E-state index in [1.54, 1.807) is 6.20 Å². The Labute approximate surface area is 137 Å². The van der Waals surface area contributed by atoms with Crippen molar-refractivity contribution in [2.24, 2.45) is 0 Å². The molecule has 5 nitrogen and oxygen atoms in total. The Kier molecular flexibility index (Phi) is 4.25. The first-order chi connectivity index (χ1) is 11.5. The molecule has 0 unspecified atom stereocenters. The Balaban J connectivity index is 1.76. The summed E-state index contributed by atoms with van der Waals surface area (Å²) in [6.07, 6.45) is -1.31. The van der Waals surface area contributed by atoms with Crippen molar-refractivity contribution >= 4 is 11.5 Å². The molecule has 0 N–H and O–H groups in total. The highest BCUT2D eigenvalue weighted by Crippen LogP contribution is 2.33. The molecule has 1 saturated heterocycles. The smallest absolute Gasteiger partial charge is 0.367 e. The van der Waals surface area contributed by atoms with Crippen LogP contribution >= 0.6 is 0 Å². The van der Waals surface area contributed by atoms with E-state index in [2.05, 4.69) is 14.9 Å². The second-order valence-corrected chi connectivity index (χ2v) is 5.38. The quantitative estimate of drug-likeness (QED) is 0.846. The predicted octanol–water partition coefficient (Wildman–Crippen LogP) is 2.69. The van der Waals surface area contributed by atoms with Crippen molar-refractivity contribution in [3.63, 3.8) is 0 Å². The van der Waals surface area contributed by atoms with Gasteiger partial charge in [0.2, 0.25) is 0 Å². The van der Waals surface area contributed by atoms with E-state index in [1.807, 2.05) is 17.0 Å². The summed E-state index contributed by atoms with van der Waals surface area (Å²) in [7, 11) is 0. The summed E-state index contributed by atoms with van der Waals surface area (Å²) in [5, 5.41) is 9.20. The molecular weight excluding hydrogens is 319 g/mol. The Morgan fingerprint density at radius 2 is 1.75 bits per heavy atom. The van der Waals surface area contributed by atoms with Gasteiger partial charge in [-0.15, -0.1) is 0 Å². The minimum Gasteiger partial charge on any atom is -0.367 e. The average molecular weight is 333 g/mol. The van der Waals surface area contributed by atoms with Crippen LogP contribution in [0.2, 0.25) is 0 Å². The van der Waals surface area contributed by atoms with Gasteiger partial charge in [0.15, 0.2) is 0 Å². The van der Waals surface area contributed by atoms with Crippen LogP contribution in [0.5, 0.6) is 0 Å². The summed E-state index contributed by atoms with van der Waals surface area (Å²) in [6.45, 7) is 2.54. The number of anilines is 2. The van der Waals surface area contributed by atoms with Crippen LogP contribution in [0.1, 0.15) is 11.1 Å². The maximum atomic E-state index is 12.8. The summed E-state index contributed by atoms with van der Waals surface area (Å²) < 4.78 is 38.3. The number of benzene rings is 1. The molecule has 0 atom stereocenters. The number of halogens is 3. The zero-order chi connectivity index (χ0) is 17.2. The largest absolute Gasteiger partial charge is 0.416 e. The first kappa shape index (κ1) is 16.1. The lowest BCUT2D eigenvalue weighted by atomic mass is 10.1. The number of nitriles is 1. The van der Waals surface area contributed by atoms with Crippen LogP contribution in [0.25, 0.3) is 0 Å². The van der Waals surface area contributed by atoms with Gasteiger partial charge in [-0.2, -0.15) is 18.4 Å². The zero-order valence-corrected chi connectivity index (χ0v) is 12.7. The van der Waals surface area contributed by atoms with Crippen molar-refractivity contribution < 1.29 is 13.2 Å². The zero-order valence-electron chi connectivity index (χ0n) is 12.7. The topological polar surface area (TPSA) is 56.1 Å². The summed E-state index contributed by atoms with van der Waals surface area (Å²) in [6, 6.07) is 6.99.